The van der Waals surface area contributed by atoms with Crippen LogP contribution in [0.1, 0.15) is 35.2 Å². The Labute approximate surface area is 200 Å². The van der Waals surface area contributed by atoms with Crippen LogP contribution in [0.25, 0.3) is 0 Å². The van der Waals surface area contributed by atoms with Gasteiger partial charge < -0.3 is 9.64 Å². The van der Waals surface area contributed by atoms with Gasteiger partial charge in [0.1, 0.15) is 11.5 Å². The lowest BCUT2D eigenvalue weighted by Gasteiger charge is -2.39. The minimum atomic E-state index is 0.129. The first-order chi connectivity index (χ1) is 16.1. The Kier molecular flexibility index (Phi) is 6.39. The molecule has 0 aromatic heterocycles. The van der Waals surface area contributed by atoms with Crippen molar-refractivity contribution in [3.8, 4) is 11.5 Å². The highest BCUT2D eigenvalue weighted by Gasteiger charge is 2.42. The number of piperidine rings is 1. The van der Waals surface area contributed by atoms with Gasteiger partial charge in [-0.3, -0.25) is 9.69 Å². The van der Waals surface area contributed by atoms with E-state index in [2.05, 4.69) is 17.0 Å². The summed E-state index contributed by atoms with van der Waals surface area (Å²) in [6.45, 7) is 4.82. The number of halogens is 1. The van der Waals surface area contributed by atoms with Crippen LogP contribution >= 0.6 is 11.6 Å². The molecule has 3 aromatic rings. The molecule has 0 N–H and O–H groups in total. The van der Waals surface area contributed by atoms with Gasteiger partial charge in [0.15, 0.2) is 0 Å². The van der Waals surface area contributed by atoms with Gasteiger partial charge in [0.25, 0.3) is 5.91 Å². The second-order valence-corrected chi connectivity index (χ2v) is 9.76. The predicted octanol–water partition coefficient (Wildman–Crippen LogP) is 6.26. The van der Waals surface area contributed by atoms with E-state index in [4.69, 9.17) is 16.3 Å². The summed E-state index contributed by atoms with van der Waals surface area (Å²) in [6, 6.07) is 25.5. The predicted molar refractivity (Wildman–Crippen MR) is 132 cm³/mol. The summed E-state index contributed by atoms with van der Waals surface area (Å²) in [6.07, 6.45) is 3.39. The highest BCUT2D eigenvalue weighted by atomic mass is 35.5. The maximum Gasteiger partial charge on any atom is 0.253 e. The van der Waals surface area contributed by atoms with E-state index in [-0.39, 0.29) is 11.3 Å². The van der Waals surface area contributed by atoms with Crippen molar-refractivity contribution in [2.45, 2.75) is 25.8 Å². The molecule has 2 aliphatic heterocycles. The zero-order chi connectivity index (χ0) is 22.7. The number of carbonyl (C=O) groups excluding carboxylic acids is 1. The van der Waals surface area contributed by atoms with Crippen LogP contribution in [0.2, 0.25) is 5.02 Å². The third-order valence-corrected chi connectivity index (χ3v) is 7.29. The fourth-order valence-electron chi connectivity index (χ4n) is 5.02. The van der Waals surface area contributed by atoms with E-state index in [1.807, 2.05) is 59.5 Å². The molecule has 4 nitrogen and oxygen atoms in total. The molecule has 0 atom stereocenters. The van der Waals surface area contributed by atoms with Crippen molar-refractivity contribution >= 4 is 17.5 Å². The van der Waals surface area contributed by atoms with Crippen LogP contribution < -0.4 is 4.74 Å². The number of hydrogen-bond donors (Lipinski definition) is 0. The molecule has 0 bridgehead atoms. The molecule has 1 amide bonds. The van der Waals surface area contributed by atoms with Gasteiger partial charge in [-0.25, -0.2) is 0 Å². The number of carbonyl (C=O) groups is 1. The van der Waals surface area contributed by atoms with Gasteiger partial charge in [-0.05, 0) is 91.9 Å². The molecule has 0 unspecified atom stereocenters. The summed E-state index contributed by atoms with van der Waals surface area (Å²) in [5.41, 5.74) is 2.30. The van der Waals surface area contributed by atoms with Crippen molar-refractivity contribution < 1.29 is 9.53 Å². The summed E-state index contributed by atoms with van der Waals surface area (Å²) >= 11 is 5.97. The average molecular weight is 461 g/mol. The molecule has 0 aliphatic carbocycles. The highest BCUT2D eigenvalue weighted by Crippen LogP contribution is 2.41. The molecule has 170 valence electrons. The van der Waals surface area contributed by atoms with E-state index >= 15 is 0 Å². The lowest BCUT2D eigenvalue weighted by Crippen LogP contribution is -2.41. The van der Waals surface area contributed by atoms with E-state index in [0.29, 0.717) is 5.02 Å². The summed E-state index contributed by atoms with van der Waals surface area (Å²) in [5, 5.41) is 0.662. The van der Waals surface area contributed by atoms with Gasteiger partial charge >= 0.3 is 0 Å². The SMILES string of the molecule is O=C(c1ccc(Cl)cc1)N1CCC2(CCN(Cc3ccc(Oc4ccccc4)cc3)CC2)C1. The largest absolute Gasteiger partial charge is 0.457 e. The van der Waals surface area contributed by atoms with Crippen molar-refractivity contribution in [3.05, 3.63) is 95.0 Å². The van der Waals surface area contributed by atoms with Crippen molar-refractivity contribution in [2.75, 3.05) is 26.2 Å². The summed E-state index contributed by atoms with van der Waals surface area (Å²) in [5.74, 6) is 1.84. The number of para-hydroxylation sites is 1. The third kappa shape index (κ3) is 5.23. The normalized spacial score (nSPS) is 17.9. The molecule has 5 rings (SSSR count). The van der Waals surface area contributed by atoms with Gasteiger partial charge in [0, 0.05) is 30.2 Å². The Morgan fingerprint density at radius 3 is 2.15 bits per heavy atom. The Morgan fingerprint density at radius 1 is 0.818 bits per heavy atom. The third-order valence-electron chi connectivity index (χ3n) is 7.04. The minimum absolute atomic E-state index is 0.129. The number of nitrogens with zero attached hydrogens (tertiary/aromatic N) is 2. The standard InChI is InChI=1S/C28H29ClN2O2/c29-24-10-8-23(9-11-24)27(32)31-19-16-28(21-31)14-17-30(18-15-28)20-22-6-12-26(13-7-22)33-25-4-2-1-3-5-25/h1-13H,14-21H2. The number of amides is 1. The van der Waals surface area contributed by atoms with E-state index in [0.717, 1.165) is 69.0 Å². The van der Waals surface area contributed by atoms with Crippen LogP contribution in [0.5, 0.6) is 11.5 Å². The number of ether oxygens (including phenoxy) is 1. The first-order valence-corrected chi connectivity index (χ1v) is 12.1. The van der Waals surface area contributed by atoms with Crippen LogP contribution in [0.15, 0.2) is 78.9 Å². The lowest BCUT2D eigenvalue weighted by atomic mass is 9.77. The Hall–Kier alpha value is -2.82. The maximum absolute atomic E-state index is 12.9. The molecule has 33 heavy (non-hydrogen) atoms. The van der Waals surface area contributed by atoms with Gasteiger partial charge in [-0.15, -0.1) is 0 Å². The van der Waals surface area contributed by atoms with Crippen molar-refractivity contribution in [1.82, 2.24) is 9.80 Å². The molecule has 2 saturated heterocycles. The van der Waals surface area contributed by atoms with E-state index in [9.17, 15) is 4.79 Å². The van der Waals surface area contributed by atoms with Crippen LogP contribution in [0.3, 0.4) is 0 Å². The number of benzene rings is 3. The molecule has 0 radical (unpaired) electrons. The Morgan fingerprint density at radius 2 is 1.45 bits per heavy atom. The minimum Gasteiger partial charge on any atom is -0.457 e. The molecule has 2 aliphatic rings. The van der Waals surface area contributed by atoms with Crippen molar-refractivity contribution in [3.63, 3.8) is 0 Å². The summed E-state index contributed by atoms with van der Waals surface area (Å²) < 4.78 is 5.90. The van der Waals surface area contributed by atoms with Crippen LogP contribution in [0.4, 0.5) is 0 Å². The first kappa shape index (κ1) is 22.0. The number of likely N-dealkylation sites (tertiary alicyclic amines) is 2. The fourth-order valence-corrected chi connectivity index (χ4v) is 5.15. The molecular weight excluding hydrogens is 432 g/mol. The van der Waals surface area contributed by atoms with Crippen molar-refractivity contribution in [2.24, 2.45) is 5.41 Å². The van der Waals surface area contributed by atoms with Crippen molar-refractivity contribution in [1.29, 1.82) is 0 Å². The van der Waals surface area contributed by atoms with Gasteiger partial charge in [-0.2, -0.15) is 0 Å². The smallest absolute Gasteiger partial charge is 0.253 e. The summed E-state index contributed by atoms with van der Waals surface area (Å²) in [4.78, 5) is 17.5. The molecular formula is C28H29ClN2O2. The average Bonchev–Trinajstić information content (AvgIpc) is 3.26. The van der Waals surface area contributed by atoms with E-state index < -0.39 is 0 Å². The van der Waals surface area contributed by atoms with Gasteiger partial charge in [0.05, 0.1) is 0 Å². The Balaban J connectivity index is 1.12. The zero-order valence-corrected chi connectivity index (χ0v) is 19.5. The van der Waals surface area contributed by atoms with Crippen LogP contribution in [-0.4, -0.2) is 41.9 Å². The molecule has 0 saturated carbocycles. The molecule has 3 aromatic carbocycles. The quantitative estimate of drug-likeness (QED) is 0.450. The zero-order valence-electron chi connectivity index (χ0n) is 18.8. The second kappa shape index (κ2) is 9.58. The molecule has 2 heterocycles. The first-order valence-electron chi connectivity index (χ1n) is 11.7. The topological polar surface area (TPSA) is 32.8 Å². The molecule has 5 heteroatoms. The molecule has 1 spiro atoms. The number of rotatable bonds is 5. The summed E-state index contributed by atoms with van der Waals surface area (Å²) in [7, 11) is 0. The van der Waals surface area contributed by atoms with E-state index in [1.165, 1.54) is 5.56 Å². The van der Waals surface area contributed by atoms with Gasteiger partial charge in [0.2, 0.25) is 0 Å². The highest BCUT2D eigenvalue weighted by molar-refractivity contribution is 6.30. The fraction of sp³-hybridized carbons (Fsp3) is 0.321. The Bertz CT molecular complexity index is 1080. The number of hydrogen-bond acceptors (Lipinski definition) is 3. The lowest BCUT2D eigenvalue weighted by molar-refractivity contribution is 0.0714. The monoisotopic (exact) mass is 460 g/mol. The van der Waals surface area contributed by atoms with Crippen LogP contribution in [0, 0.1) is 5.41 Å². The molecule has 2 fully saturated rings. The second-order valence-electron chi connectivity index (χ2n) is 9.32. The van der Waals surface area contributed by atoms with Crippen LogP contribution in [-0.2, 0) is 6.54 Å². The van der Waals surface area contributed by atoms with Gasteiger partial charge in [-0.1, -0.05) is 41.9 Å². The van der Waals surface area contributed by atoms with E-state index in [1.54, 1.807) is 12.1 Å². The maximum atomic E-state index is 12.9.